The molecule has 1 aliphatic rings. The van der Waals surface area contributed by atoms with Gasteiger partial charge in [-0.1, -0.05) is 33.6 Å². The van der Waals surface area contributed by atoms with Crippen LogP contribution in [0.1, 0.15) is 59.3 Å². The van der Waals surface area contributed by atoms with Gasteiger partial charge in [0.05, 0.1) is 0 Å². The van der Waals surface area contributed by atoms with E-state index in [-0.39, 0.29) is 0 Å². The fourth-order valence-corrected chi connectivity index (χ4v) is 3.41. The lowest BCUT2D eigenvalue weighted by Crippen LogP contribution is -2.46. The second-order valence-corrected chi connectivity index (χ2v) is 6.81. The molecule has 0 saturated heterocycles. The molecule has 0 bridgehead atoms. The zero-order chi connectivity index (χ0) is 14.8. The molecule has 0 amide bonds. The normalized spacial score (nSPS) is 27.1. The predicted octanol–water partition coefficient (Wildman–Crippen LogP) is 2.89. The Labute approximate surface area is 126 Å². The van der Waals surface area contributed by atoms with Crippen molar-refractivity contribution >= 4 is 0 Å². The van der Waals surface area contributed by atoms with Gasteiger partial charge >= 0.3 is 0 Å². The van der Waals surface area contributed by atoms with Crippen LogP contribution in [-0.2, 0) is 0 Å². The summed E-state index contributed by atoms with van der Waals surface area (Å²) in [6.07, 6.45) is 7.61. The maximum absolute atomic E-state index is 9.05. The summed E-state index contributed by atoms with van der Waals surface area (Å²) < 4.78 is 0. The average molecular weight is 284 g/mol. The molecule has 120 valence electrons. The van der Waals surface area contributed by atoms with Crippen molar-refractivity contribution in [3.63, 3.8) is 0 Å². The molecular formula is C17H36N2O. The summed E-state index contributed by atoms with van der Waals surface area (Å²) in [5, 5.41) is 12.7. The summed E-state index contributed by atoms with van der Waals surface area (Å²) in [6, 6.07) is 0. The zero-order valence-electron chi connectivity index (χ0n) is 14.0. The van der Waals surface area contributed by atoms with Crippen molar-refractivity contribution in [3.05, 3.63) is 0 Å². The highest BCUT2D eigenvalue weighted by atomic mass is 16.3. The molecule has 2 N–H and O–H groups in total. The monoisotopic (exact) mass is 284 g/mol. The van der Waals surface area contributed by atoms with Gasteiger partial charge in [-0.2, -0.15) is 0 Å². The zero-order valence-corrected chi connectivity index (χ0v) is 14.0. The largest absolute Gasteiger partial charge is 0.396 e. The maximum Gasteiger partial charge on any atom is 0.0443 e. The Hall–Kier alpha value is -0.120. The second-order valence-electron chi connectivity index (χ2n) is 6.81. The highest BCUT2D eigenvalue weighted by Crippen LogP contribution is 2.39. The Bertz CT molecular complexity index is 237. The number of aliphatic hydroxyl groups is 1. The van der Waals surface area contributed by atoms with E-state index in [9.17, 15) is 0 Å². The first-order valence-electron chi connectivity index (χ1n) is 8.69. The number of aliphatic hydroxyl groups excluding tert-OH is 1. The minimum Gasteiger partial charge on any atom is -0.396 e. The molecule has 3 heteroatoms. The number of nitrogens with one attached hydrogen (secondary N) is 1. The van der Waals surface area contributed by atoms with Crippen LogP contribution in [0.4, 0.5) is 0 Å². The topological polar surface area (TPSA) is 35.5 Å². The average Bonchev–Trinajstić information content (AvgIpc) is 2.47. The molecule has 1 fully saturated rings. The van der Waals surface area contributed by atoms with Crippen LogP contribution < -0.4 is 5.32 Å². The highest BCUT2D eigenvalue weighted by molar-refractivity contribution is 4.89. The van der Waals surface area contributed by atoms with Crippen LogP contribution in [0.3, 0.4) is 0 Å². The molecule has 3 nitrogen and oxygen atoms in total. The van der Waals surface area contributed by atoms with E-state index in [1.807, 2.05) is 0 Å². The second kappa shape index (κ2) is 9.75. The third-order valence-electron chi connectivity index (χ3n) is 4.90. The van der Waals surface area contributed by atoms with E-state index in [0.717, 1.165) is 32.0 Å². The molecule has 1 saturated carbocycles. The van der Waals surface area contributed by atoms with E-state index in [4.69, 9.17) is 5.11 Å². The molecule has 0 spiro atoms. The van der Waals surface area contributed by atoms with Crippen LogP contribution in [0.15, 0.2) is 0 Å². The van der Waals surface area contributed by atoms with Gasteiger partial charge in [0.1, 0.15) is 0 Å². The minimum atomic E-state index is 0.314. The molecule has 0 radical (unpaired) electrons. The Morgan fingerprint density at radius 2 is 1.95 bits per heavy atom. The maximum atomic E-state index is 9.05. The summed E-state index contributed by atoms with van der Waals surface area (Å²) in [7, 11) is 0. The van der Waals surface area contributed by atoms with Crippen molar-refractivity contribution in [2.75, 3.05) is 39.3 Å². The van der Waals surface area contributed by atoms with Crippen molar-refractivity contribution in [2.45, 2.75) is 59.3 Å². The van der Waals surface area contributed by atoms with Crippen LogP contribution in [0.25, 0.3) is 0 Å². The SMILES string of the molecule is CCCNCC1(CN(CC)CCCO)CCC(C)CC1. The third kappa shape index (κ3) is 6.11. The molecule has 1 rings (SSSR count). The fraction of sp³-hybridized carbons (Fsp3) is 1.00. The summed E-state index contributed by atoms with van der Waals surface area (Å²) in [4.78, 5) is 2.54. The third-order valence-corrected chi connectivity index (χ3v) is 4.90. The van der Waals surface area contributed by atoms with E-state index in [1.165, 1.54) is 45.2 Å². The molecular weight excluding hydrogens is 248 g/mol. The Balaban J connectivity index is 2.56. The molecule has 20 heavy (non-hydrogen) atoms. The van der Waals surface area contributed by atoms with Gasteiger partial charge in [0.2, 0.25) is 0 Å². The number of hydrogen-bond acceptors (Lipinski definition) is 3. The molecule has 0 aliphatic heterocycles. The van der Waals surface area contributed by atoms with Gasteiger partial charge in [0.25, 0.3) is 0 Å². The standard InChI is InChI=1S/C17H36N2O/c1-4-11-18-14-17(9-7-16(3)8-10-17)15-19(5-2)12-6-13-20/h16,18,20H,4-15H2,1-3H3. The molecule has 0 heterocycles. The summed E-state index contributed by atoms with van der Waals surface area (Å²) >= 11 is 0. The van der Waals surface area contributed by atoms with E-state index in [2.05, 4.69) is 31.0 Å². The molecule has 0 aromatic heterocycles. The smallest absolute Gasteiger partial charge is 0.0443 e. The van der Waals surface area contributed by atoms with E-state index in [1.54, 1.807) is 0 Å². The van der Waals surface area contributed by atoms with Gasteiger partial charge in [-0.05, 0) is 50.1 Å². The Morgan fingerprint density at radius 3 is 2.50 bits per heavy atom. The van der Waals surface area contributed by atoms with Crippen molar-refractivity contribution in [3.8, 4) is 0 Å². The molecule has 0 unspecified atom stereocenters. The van der Waals surface area contributed by atoms with E-state index < -0.39 is 0 Å². The Kier molecular flexibility index (Phi) is 8.74. The van der Waals surface area contributed by atoms with Gasteiger partial charge in [0, 0.05) is 26.2 Å². The summed E-state index contributed by atoms with van der Waals surface area (Å²) in [5.74, 6) is 0.904. The van der Waals surface area contributed by atoms with Crippen molar-refractivity contribution in [1.82, 2.24) is 10.2 Å². The molecule has 1 aliphatic carbocycles. The quantitative estimate of drug-likeness (QED) is 0.606. The lowest BCUT2D eigenvalue weighted by molar-refractivity contribution is 0.0852. The number of nitrogens with zero attached hydrogens (tertiary/aromatic N) is 1. The first-order chi connectivity index (χ1) is 9.65. The summed E-state index contributed by atoms with van der Waals surface area (Å²) in [6.45, 7) is 12.8. The van der Waals surface area contributed by atoms with Crippen LogP contribution in [0.5, 0.6) is 0 Å². The van der Waals surface area contributed by atoms with Crippen molar-refractivity contribution in [1.29, 1.82) is 0 Å². The predicted molar refractivity (Wildman–Crippen MR) is 87.0 cm³/mol. The van der Waals surface area contributed by atoms with Gasteiger partial charge in [-0.3, -0.25) is 0 Å². The van der Waals surface area contributed by atoms with Gasteiger partial charge in [-0.15, -0.1) is 0 Å². The van der Waals surface area contributed by atoms with Gasteiger partial charge < -0.3 is 15.3 Å². The summed E-state index contributed by atoms with van der Waals surface area (Å²) in [5.41, 5.74) is 0.465. The first kappa shape index (κ1) is 17.9. The van der Waals surface area contributed by atoms with Gasteiger partial charge in [-0.25, -0.2) is 0 Å². The van der Waals surface area contributed by atoms with E-state index >= 15 is 0 Å². The first-order valence-corrected chi connectivity index (χ1v) is 8.69. The minimum absolute atomic E-state index is 0.314. The van der Waals surface area contributed by atoms with Crippen molar-refractivity contribution < 1.29 is 5.11 Å². The van der Waals surface area contributed by atoms with Crippen molar-refractivity contribution in [2.24, 2.45) is 11.3 Å². The Morgan fingerprint density at radius 1 is 1.25 bits per heavy atom. The lowest BCUT2D eigenvalue weighted by atomic mass is 9.70. The van der Waals surface area contributed by atoms with E-state index in [0.29, 0.717) is 12.0 Å². The number of rotatable bonds is 10. The van der Waals surface area contributed by atoms with Crippen LogP contribution >= 0.6 is 0 Å². The molecule has 0 aromatic carbocycles. The van der Waals surface area contributed by atoms with Gasteiger partial charge in [0.15, 0.2) is 0 Å². The lowest BCUT2D eigenvalue weighted by Gasteiger charge is -2.43. The fourth-order valence-electron chi connectivity index (χ4n) is 3.41. The van der Waals surface area contributed by atoms with Crippen LogP contribution in [-0.4, -0.2) is 49.3 Å². The van der Waals surface area contributed by atoms with Crippen LogP contribution in [0, 0.1) is 11.3 Å². The molecule has 0 atom stereocenters. The number of hydrogen-bond donors (Lipinski definition) is 2. The highest BCUT2D eigenvalue weighted by Gasteiger charge is 2.35. The molecule has 0 aromatic rings. The van der Waals surface area contributed by atoms with Crippen LogP contribution in [0.2, 0.25) is 0 Å².